The second-order valence-electron chi connectivity index (χ2n) is 8.10. The van der Waals surface area contributed by atoms with Gasteiger partial charge in [0, 0.05) is 7.11 Å². The summed E-state index contributed by atoms with van der Waals surface area (Å²) in [6.07, 6.45) is 4.03. The fraction of sp³-hybridized carbons (Fsp3) is 1.00. The van der Waals surface area contributed by atoms with Crippen molar-refractivity contribution < 1.29 is 14.0 Å². The zero-order chi connectivity index (χ0) is 14.7. The third kappa shape index (κ3) is 1.99. The minimum atomic E-state index is -0.0759. The molecule has 0 aromatic carbocycles. The highest BCUT2D eigenvalue weighted by atomic mass is 16.7. The van der Waals surface area contributed by atoms with Crippen LogP contribution in [-0.2, 0) is 14.0 Å². The number of hydrogen-bond acceptors (Lipinski definition) is 3. The highest BCUT2D eigenvalue weighted by Crippen LogP contribution is 2.66. The van der Waals surface area contributed by atoms with Gasteiger partial charge in [-0.15, -0.1) is 0 Å². The second kappa shape index (κ2) is 4.72. The monoisotopic (exact) mass is 280 g/mol. The average Bonchev–Trinajstić information content (AvgIpc) is 2.75. The van der Waals surface area contributed by atoms with Crippen LogP contribution in [0.5, 0.6) is 0 Å². The van der Waals surface area contributed by atoms with Crippen LogP contribution in [-0.4, -0.2) is 32.0 Å². The van der Waals surface area contributed by atoms with Gasteiger partial charge in [0.1, 0.15) is 0 Å². The van der Waals surface area contributed by atoms with Gasteiger partial charge in [0.25, 0.3) is 0 Å². The van der Waals surface area contributed by atoms with Gasteiger partial charge >= 0.3 is 7.12 Å². The molecule has 0 aromatic heterocycles. The van der Waals surface area contributed by atoms with Crippen molar-refractivity contribution in [2.24, 2.45) is 17.3 Å². The lowest BCUT2D eigenvalue weighted by Gasteiger charge is -2.64. The summed E-state index contributed by atoms with van der Waals surface area (Å²) < 4.78 is 18.1. The molecule has 4 aliphatic rings. The SMILES string of the molecule is COC(C)C[C@@H](C)B1OC2C[C@@H]3C[C@@H](C3(C)C)[C@]2(C)O1. The Balaban J connectivity index is 1.69. The minimum Gasteiger partial charge on any atom is -0.405 e. The highest BCUT2D eigenvalue weighted by Gasteiger charge is 2.68. The maximum absolute atomic E-state index is 6.47. The molecule has 4 heteroatoms. The summed E-state index contributed by atoms with van der Waals surface area (Å²) in [5, 5.41) is 0. The van der Waals surface area contributed by atoms with Gasteiger partial charge in [-0.3, -0.25) is 0 Å². The van der Waals surface area contributed by atoms with E-state index in [2.05, 4.69) is 34.6 Å². The Hall–Kier alpha value is -0.0551. The molecule has 2 bridgehead atoms. The van der Waals surface area contributed by atoms with Crippen molar-refractivity contribution in [3.05, 3.63) is 0 Å². The van der Waals surface area contributed by atoms with Crippen LogP contribution in [0.25, 0.3) is 0 Å². The molecule has 3 nitrogen and oxygen atoms in total. The standard InChI is InChI=1S/C16H29BO3/c1-10(7-11(2)18-6)17-19-14-9-12-8-13(15(12,3)4)16(14,5)20-17/h10-14H,7-9H2,1-6H3/t10-,11?,12+,13+,14?,16+/m1/s1. The Morgan fingerprint density at radius 2 is 1.95 bits per heavy atom. The fourth-order valence-electron chi connectivity index (χ4n) is 4.88. The van der Waals surface area contributed by atoms with Crippen LogP contribution in [0.1, 0.15) is 53.9 Å². The zero-order valence-corrected chi connectivity index (χ0v) is 13.8. The summed E-state index contributed by atoms with van der Waals surface area (Å²) in [7, 11) is 1.71. The van der Waals surface area contributed by atoms with Crippen molar-refractivity contribution >= 4 is 7.12 Å². The molecule has 0 N–H and O–H groups in total. The van der Waals surface area contributed by atoms with E-state index in [1.807, 2.05) is 0 Å². The van der Waals surface area contributed by atoms with Crippen molar-refractivity contribution in [2.75, 3.05) is 7.11 Å². The second-order valence-corrected chi connectivity index (χ2v) is 8.10. The topological polar surface area (TPSA) is 27.7 Å². The van der Waals surface area contributed by atoms with E-state index in [1.54, 1.807) is 7.11 Å². The summed E-state index contributed by atoms with van der Waals surface area (Å²) >= 11 is 0. The van der Waals surface area contributed by atoms with Gasteiger partial charge in [-0.2, -0.15) is 0 Å². The van der Waals surface area contributed by atoms with E-state index < -0.39 is 0 Å². The lowest BCUT2D eigenvalue weighted by molar-refractivity contribution is -0.199. The van der Waals surface area contributed by atoms with E-state index in [4.69, 9.17) is 14.0 Å². The molecule has 0 spiro atoms. The average molecular weight is 280 g/mol. The first-order valence-corrected chi connectivity index (χ1v) is 8.15. The Kier molecular flexibility index (Phi) is 3.51. The lowest BCUT2D eigenvalue weighted by atomic mass is 9.43. The summed E-state index contributed by atoms with van der Waals surface area (Å²) in [5.41, 5.74) is 0.347. The quantitative estimate of drug-likeness (QED) is 0.737. The number of methoxy groups -OCH3 is 1. The van der Waals surface area contributed by atoms with Crippen LogP contribution in [0, 0.1) is 17.3 Å². The van der Waals surface area contributed by atoms with Gasteiger partial charge in [-0.25, -0.2) is 0 Å². The summed E-state index contributed by atoms with van der Waals surface area (Å²) in [5.74, 6) is 1.85. The molecule has 20 heavy (non-hydrogen) atoms. The van der Waals surface area contributed by atoms with Gasteiger partial charge in [0.15, 0.2) is 0 Å². The van der Waals surface area contributed by atoms with Crippen LogP contribution in [0.4, 0.5) is 0 Å². The molecule has 3 aliphatic carbocycles. The van der Waals surface area contributed by atoms with Gasteiger partial charge < -0.3 is 14.0 Å². The number of rotatable bonds is 4. The minimum absolute atomic E-state index is 0.0576. The van der Waals surface area contributed by atoms with Crippen molar-refractivity contribution in [1.29, 1.82) is 0 Å². The Morgan fingerprint density at radius 1 is 1.25 bits per heavy atom. The molecule has 0 radical (unpaired) electrons. The predicted octanol–water partition coefficient (Wildman–Crippen LogP) is 3.53. The molecule has 4 rings (SSSR count). The van der Waals surface area contributed by atoms with Crippen molar-refractivity contribution in [3.8, 4) is 0 Å². The molecule has 1 saturated heterocycles. The molecular weight excluding hydrogens is 251 g/mol. The molecule has 0 amide bonds. The van der Waals surface area contributed by atoms with Crippen LogP contribution in [0.3, 0.4) is 0 Å². The first kappa shape index (κ1) is 14.9. The zero-order valence-electron chi connectivity index (χ0n) is 13.8. The Bertz CT molecular complexity index is 386. The Labute approximate surface area is 123 Å². The molecule has 114 valence electrons. The molecule has 0 aromatic rings. The van der Waals surface area contributed by atoms with E-state index in [0.29, 0.717) is 23.3 Å². The third-order valence-corrected chi connectivity index (χ3v) is 6.54. The fourth-order valence-corrected chi connectivity index (χ4v) is 4.88. The molecule has 6 atom stereocenters. The first-order chi connectivity index (χ1) is 9.29. The molecule has 1 heterocycles. The number of ether oxygens (including phenoxy) is 1. The molecule has 1 aliphatic heterocycles. The van der Waals surface area contributed by atoms with E-state index in [1.165, 1.54) is 12.8 Å². The van der Waals surface area contributed by atoms with Crippen LogP contribution in [0.15, 0.2) is 0 Å². The van der Waals surface area contributed by atoms with Gasteiger partial charge in [-0.1, -0.05) is 20.8 Å². The molecular formula is C16H29BO3. The van der Waals surface area contributed by atoms with Gasteiger partial charge in [-0.05, 0) is 56.2 Å². The van der Waals surface area contributed by atoms with E-state index in [9.17, 15) is 0 Å². The molecule has 3 saturated carbocycles. The third-order valence-electron chi connectivity index (χ3n) is 6.54. The maximum Gasteiger partial charge on any atom is 0.460 e. The number of hydrogen-bond donors (Lipinski definition) is 0. The smallest absolute Gasteiger partial charge is 0.405 e. The molecule has 2 unspecified atom stereocenters. The van der Waals surface area contributed by atoms with E-state index in [0.717, 1.165) is 12.3 Å². The Morgan fingerprint density at radius 3 is 2.55 bits per heavy atom. The summed E-state index contributed by atoms with van der Waals surface area (Å²) in [6, 6.07) is 0. The van der Waals surface area contributed by atoms with Crippen LogP contribution < -0.4 is 0 Å². The van der Waals surface area contributed by atoms with Crippen molar-refractivity contribution in [1.82, 2.24) is 0 Å². The highest BCUT2D eigenvalue weighted by molar-refractivity contribution is 6.47. The van der Waals surface area contributed by atoms with Gasteiger partial charge in [0.05, 0.1) is 17.8 Å². The first-order valence-electron chi connectivity index (χ1n) is 8.15. The lowest BCUT2D eigenvalue weighted by Crippen LogP contribution is -2.65. The summed E-state index contributed by atoms with van der Waals surface area (Å²) in [4.78, 5) is 0. The summed E-state index contributed by atoms with van der Waals surface area (Å²) in [6.45, 7) is 11.4. The van der Waals surface area contributed by atoms with Crippen molar-refractivity contribution in [3.63, 3.8) is 0 Å². The maximum atomic E-state index is 6.47. The van der Waals surface area contributed by atoms with E-state index >= 15 is 0 Å². The predicted molar refractivity (Wildman–Crippen MR) is 80.6 cm³/mol. The van der Waals surface area contributed by atoms with Crippen LogP contribution in [0.2, 0.25) is 5.82 Å². The van der Waals surface area contributed by atoms with Crippen molar-refractivity contribution in [2.45, 2.75) is 77.5 Å². The normalized spacial score (nSPS) is 44.7. The van der Waals surface area contributed by atoms with Crippen LogP contribution >= 0.6 is 0 Å². The van der Waals surface area contributed by atoms with Gasteiger partial charge in [0.2, 0.25) is 0 Å². The van der Waals surface area contributed by atoms with E-state index in [-0.39, 0.29) is 18.8 Å². The molecule has 4 fully saturated rings. The largest absolute Gasteiger partial charge is 0.460 e.